The third-order valence-electron chi connectivity index (χ3n) is 3.08. The van der Waals surface area contributed by atoms with Crippen LogP contribution in [0, 0.1) is 0 Å². The minimum atomic E-state index is -0.0123. The number of fused-ring (bicyclic) bond motifs is 1. The van der Waals surface area contributed by atoms with Gasteiger partial charge in [0.25, 0.3) is 5.91 Å². The summed E-state index contributed by atoms with van der Waals surface area (Å²) in [5, 5.41) is 5.99. The molecule has 4 heteroatoms. The first-order valence-electron chi connectivity index (χ1n) is 6.21. The number of carbonyl (C=O) groups excluding carboxylic acids is 1. The average Bonchev–Trinajstić information content (AvgIpc) is 3.08. The molecule has 0 aliphatic carbocycles. The molecule has 0 bridgehead atoms. The van der Waals surface area contributed by atoms with Crippen molar-refractivity contribution in [2.24, 2.45) is 0 Å². The van der Waals surface area contributed by atoms with E-state index < -0.39 is 0 Å². The lowest BCUT2D eigenvalue weighted by molar-refractivity contribution is 0.0956. The predicted molar refractivity (Wildman–Crippen MR) is 78.7 cm³/mol. The van der Waals surface area contributed by atoms with Crippen LogP contribution < -0.4 is 5.32 Å². The Morgan fingerprint density at radius 3 is 3.00 bits per heavy atom. The maximum atomic E-state index is 12.2. The van der Waals surface area contributed by atoms with Gasteiger partial charge in [-0.05, 0) is 36.1 Å². The lowest BCUT2D eigenvalue weighted by atomic mass is 10.1. The minimum absolute atomic E-state index is 0.0123. The Kier molecular flexibility index (Phi) is 3.33. The third-order valence-corrected chi connectivity index (χ3v) is 4.01. The van der Waals surface area contributed by atoms with E-state index in [1.165, 1.54) is 4.88 Å². The molecule has 3 aromatic rings. The van der Waals surface area contributed by atoms with Gasteiger partial charge in [-0.15, -0.1) is 11.3 Å². The van der Waals surface area contributed by atoms with Crippen molar-refractivity contribution < 1.29 is 4.79 Å². The Bertz CT molecular complexity index is 685. The summed E-state index contributed by atoms with van der Waals surface area (Å²) in [6.07, 6.45) is 2.74. The van der Waals surface area contributed by atoms with Gasteiger partial charge in [0, 0.05) is 34.1 Å². The largest absolute Gasteiger partial charge is 0.361 e. The average molecular weight is 270 g/mol. The van der Waals surface area contributed by atoms with Gasteiger partial charge in [-0.25, -0.2) is 0 Å². The molecule has 0 saturated heterocycles. The van der Waals surface area contributed by atoms with E-state index in [1.807, 2.05) is 36.5 Å². The second-order valence-corrected chi connectivity index (χ2v) is 5.36. The highest BCUT2D eigenvalue weighted by molar-refractivity contribution is 7.09. The quantitative estimate of drug-likeness (QED) is 0.751. The second-order valence-electron chi connectivity index (χ2n) is 4.33. The van der Waals surface area contributed by atoms with Crippen molar-refractivity contribution in [3.8, 4) is 0 Å². The molecule has 0 aliphatic heterocycles. The summed E-state index contributed by atoms with van der Waals surface area (Å²) in [6, 6.07) is 11.8. The molecule has 0 atom stereocenters. The van der Waals surface area contributed by atoms with Gasteiger partial charge < -0.3 is 10.3 Å². The number of carbonyl (C=O) groups is 1. The normalized spacial score (nSPS) is 10.7. The van der Waals surface area contributed by atoms with Gasteiger partial charge in [0.2, 0.25) is 0 Å². The van der Waals surface area contributed by atoms with Gasteiger partial charge in [0.15, 0.2) is 0 Å². The molecule has 3 rings (SSSR count). The van der Waals surface area contributed by atoms with Gasteiger partial charge in [0.05, 0.1) is 0 Å². The van der Waals surface area contributed by atoms with Crippen molar-refractivity contribution in [1.82, 2.24) is 10.3 Å². The van der Waals surface area contributed by atoms with Crippen LogP contribution in [0.3, 0.4) is 0 Å². The van der Waals surface area contributed by atoms with Crippen LogP contribution in [0.1, 0.15) is 15.2 Å². The van der Waals surface area contributed by atoms with Crippen LogP contribution in [0.25, 0.3) is 10.9 Å². The number of rotatable bonds is 4. The molecule has 19 heavy (non-hydrogen) atoms. The number of hydrogen-bond acceptors (Lipinski definition) is 2. The number of thiophene rings is 1. The number of aromatic nitrogens is 1. The molecule has 2 heterocycles. The van der Waals surface area contributed by atoms with Gasteiger partial charge in [-0.1, -0.05) is 12.1 Å². The fourth-order valence-electron chi connectivity index (χ4n) is 2.13. The van der Waals surface area contributed by atoms with Crippen LogP contribution in [0.15, 0.2) is 48.0 Å². The van der Waals surface area contributed by atoms with Crippen LogP contribution in [0.4, 0.5) is 0 Å². The van der Waals surface area contributed by atoms with Crippen molar-refractivity contribution in [3.63, 3.8) is 0 Å². The maximum Gasteiger partial charge on any atom is 0.251 e. The van der Waals surface area contributed by atoms with Gasteiger partial charge in [-0.3, -0.25) is 4.79 Å². The van der Waals surface area contributed by atoms with Crippen molar-refractivity contribution in [3.05, 3.63) is 58.4 Å². The molecular weight excluding hydrogens is 256 g/mol. The molecule has 2 N–H and O–H groups in total. The topological polar surface area (TPSA) is 44.9 Å². The Balaban J connectivity index is 1.68. The number of aromatic amines is 1. The fourth-order valence-corrected chi connectivity index (χ4v) is 2.84. The molecule has 0 saturated carbocycles. The monoisotopic (exact) mass is 270 g/mol. The van der Waals surface area contributed by atoms with Crippen LogP contribution in [0.5, 0.6) is 0 Å². The van der Waals surface area contributed by atoms with E-state index in [2.05, 4.69) is 21.7 Å². The van der Waals surface area contributed by atoms with E-state index in [0.29, 0.717) is 6.54 Å². The molecule has 0 spiro atoms. The standard InChI is InChI=1S/C15H14N2OS/c18-15(17-8-6-11-3-2-10-19-11)13-4-1-5-14-12(13)7-9-16-14/h1-5,7,9-10,16H,6,8H2,(H,17,18). The molecule has 0 radical (unpaired) electrons. The van der Waals surface area contributed by atoms with Crippen LogP contribution in [0.2, 0.25) is 0 Å². The summed E-state index contributed by atoms with van der Waals surface area (Å²) in [6.45, 7) is 0.667. The first-order chi connectivity index (χ1) is 9.34. The lowest BCUT2D eigenvalue weighted by Gasteiger charge is -2.05. The highest BCUT2D eigenvalue weighted by Crippen LogP contribution is 2.17. The van der Waals surface area contributed by atoms with Crippen LogP contribution in [-0.4, -0.2) is 17.4 Å². The zero-order chi connectivity index (χ0) is 13.1. The van der Waals surface area contributed by atoms with E-state index in [1.54, 1.807) is 11.3 Å². The van der Waals surface area contributed by atoms with E-state index >= 15 is 0 Å². The van der Waals surface area contributed by atoms with E-state index in [9.17, 15) is 4.79 Å². The molecule has 1 amide bonds. The Morgan fingerprint density at radius 2 is 2.16 bits per heavy atom. The zero-order valence-corrected chi connectivity index (χ0v) is 11.2. The minimum Gasteiger partial charge on any atom is -0.361 e. The molecule has 2 aromatic heterocycles. The van der Waals surface area contributed by atoms with E-state index in [4.69, 9.17) is 0 Å². The van der Waals surface area contributed by atoms with Gasteiger partial charge >= 0.3 is 0 Å². The van der Waals surface area contributed by atoms with Gasteiger partial charge in [-0.2, -0.15) is 0 Å². The van der Waals surface area contributed by atoms with Crippen LogP contribution >= 0.6 is 11.3 Å². The highest BCUT2D eigenvalue weighted by atomic mass is 32.1. The van der Waals surface area contributed by atoms with E-state index in [0.717, 1.165) is 22.9 Å². The number of benzene rings is 1. The van der Waals surface area contributed by atoms with Gasteiger partial charge in [0.1, 0.15) is 0 Å². The molecule has 96 valence electrons. The summed E-state index contributed by atoms with van der Waals surface area (Å²) in [5.41, 5.74) is 1.72. The first kappa shape index (κ1) is 12.0. The van der Waals surface area contributed by atoms with Crippen molar-refractivity contribution >= 4 is 28.1 Å². The molecule has 0 fully saturated rings. The summed E-state index contributed by atoms with van der Waals surface area (Å²) < 4.78 is 0. The number of hydrogen-bond donors (Lipinski definition) is 2. The molecular formula is C15H14N2OS. The zero-order valence-electron chi connectivity index (χ0n) is 10.3. The number of amides is 1. The molecule has 1 aromatic carbocycles. The fraction of sp³-hybridized carbons (Fsp3) is 0.133. The second kappa shape index (κ2) is 5.28. The lowest BCUT2D eigenvalue weighted by Crippen LogP contribution is -2.25. The summed E-state index contributed by atoms with van der Waals surface area (Å²) in [5.74, 6) is -0.0123. The summed E-state index contributed by atoms with van der Waals surface area (Å²) in [4.78, 5) is 16.6. The number of nitrogens with one attached hydrogen (secondary N) is 2. The van der Waals surface area contributed by atoms with Crippen molar-refractivity contribution in [2.75, 3.05) is 6.54 Å². The molecule has 0 unspecified atom stereocenters. The third kappa shape index (κ3) is 2.53. The number of H-pyrrole nitrogens is 1. The smallest absolute Gasteiger partial charge is 0.251 e. The first-order valence-corrected chi connectivity index (χ1v) is 7.09. The molecule has 0 aliphatic rings. The summed E-state index contributed by atoms with van der Waals surface area (Å²) in [7, 11) is 0. The van der Waals surface area contributed by atoms with Crippen molar-refractivity contribution in [1.29, 1.82) is 0 Å². The Morgan fingerprint density at radius 1 is 1.21 bits per heavy atom. The highest BCUT2D eigenvalue weighted by Gasteiger charge is 2.09. The summed E-state index contributed by atoms with van der Waals surface area (Å²) >= 11 is 1.72. The SMILES string of the molecule is O=C(NCCc1cccs1)c1cccc2[nH]ccc12. The maximum absolute atomic E-state index is 12.2. The predicted octanol–water partition coefficient (Wildman–Crippen LogP) is 3.20. The van der Waals surface area contributed by atoms with E-state index in [-0.39, 0.29) is 5.91 Å². The van der Waals surface area contributed by atoms with Crippen molar-refractivity contribution in [2.45, 2.75) is 6.42 Å². The van der Waals surface area contributed by atoms with Crippen LogP contribution in [-0.2, 0) is 6.42 Å². The Labute approximate surface area is 115 Å². The molecule has 3 nitrogen and oxygen atoms in total. The Hall–Kier alpha value is -2.07.